The van der Waals surface area contributed by atoms with Crippen LogP contribution in [0.25, 0.3) is 0 Å². The van der Waals surface area contributed by atoms with Crippen molar-refractivity contribution < 1.29 is 0 Å². The quantitative estimate of drug-likeness (QED) is 0.559. The van der Waals surface area contributed by atoms with E-state index < -0.39 is 0 Å². The van der Waals surface area contributed by atoms with Crippen LogP contribution in [0.4, 0.5) is 0 Å². The lowest BCUT2D eigenvalue weighted by Gasteiger charge is -2.16. The van der Waals surface area contributed by atoms with Crippen molar-refractivity contribution in [2.45, 2.75) is 25.5 Å². The molecule has 2 rings (SSSR count). The van der Waals surface area contributed by atoms with E-state index in [1.54, 1.807) is 4.91 Å². The largest absolute Gasteiger partial charge is 0.213 e. The first-order valence-electron chi connectivity index (χ1n) is 4.92. The molecule has 1 aliphatic heterocycles. The highest BCUT2D eigenvalue weighted by Crippen LogP contribution is 2.71. The van der Waals surface area contributed by atoms with Crippen molar-refractivity contribution in [3.63, 3.8) is 0 Å². The summed E-state index contributed by atoms with van der Waals surface area (Å²) in [5.41, 5.74) is 1.47. The van der Waals surface area contributed by atoms with Gasteiger partial charge in [0.05, 0.1) is 0 Å². The van der Waals surface area contributed by atoms with Gasteiger partial charge < -0.3 is 0 Å². The van der Waals surface area contributed by atoms with Crippen LogP contribution in [0.2, 0.25) is 0 Å². The van der Waals surface area contributed by atoms with Crippen molar-refractivity contribution in [2.24, 2.45) is 0 Å². The van der Waals surface area contributed by atoms with E-state index in [1.165, 1.54) is 11.3 Å². The van der Waals surface area contributed by atoms with Crippen LogP contribution in [-0.4, -0.2) is 17.3 Å². The smallest absolute Gasteiger partial charge is 0.00245 e. The Morgan fingerprint density at radius 3 is 2.69 bits per heavy atom. The Kier molecular flexibility index (Phi) is 2.15. The first kappa shape index (κ1) is 9.14. The summed E-state index contributed by atoms with van der Waals surface area (Å²) in [4.78, 5) is 1.61. The minimum absolute atomic E-state index is 0.372. The van der Waals surface area contributed by atoms with E-state index in [0.717, 1.165) is 11.7 Å². The minimum atomic E-state index is -0.372. The van der Waals surface area contributed by atoms with Gasteiger partial charge in [0.2, 0.25) is 0 Å². The molecule has 0 bridgehead atoms. The third-order valence-electron chi connectivity index (χ3n) is 3.15. The fourth-order valence-corrected chi connectivity index (χ4v) is 4.75. The molecule has 72 valence electrons. The summed E-state index contributed by atoms with van der Waals surface area (Å²) in [5.74, 6) is 1.44. The van der Waals surface area contributed by atoms with Gasteiger partial charge in [-0.05, 0) is 35.5 Å². The van der Waals surface area contributed by atoms with Crippen molar-refractivity contribution in [2.75, 3.05) is 12.0 Å². The maximum absolute atomic E-state index is 2.46. The third-order valence-corrected chi connectivity index (χ3v) is 7.20. The van der Waals surface area contributed by atoms with Gasteiger partial charge in [-0.25, -0.2) is 10.0 Å². The maximum atomic E-state index is 2.46. The molecule has 1 fully saturated rings. The van der Waals surface area contributed by atoms with Crippen LogP contribution in [0.1, 0.15) is 20.3 Å². The number of hydrogen-bond donors (Lipinski definition) is 0. The van der Waals surface area contributed by atoms with Crippen LogP contribution in [0.15, 0.2) is 34.8 Å². The zero-order valence-electron chi connectivity index (χ0n) is 8.71. The molecular formula is C12H18S. The summed E-state index contributed by atoms with van der Waals surface area (Å²) in [6, 6.07) is 0. The third kappa shape index (κ3) is 1.62. The highest BCUT2D eigenvalue weighted by atomic mass is 32.3. The number of rotatable bonds is 1. The summed E-state index contributed by atoms with van der Waals surface area (Å²) >= 11 is 0. The molecule has 0 N–H and O–H groups in total. The number of allylic oxidation sites excluding steroid dienone is 5. The van der Waals surface area contributed by atoms with Gasteiger partial charge in [-0.3, -0.25) is 0 Å². The highest BCUT2D eigenvalue weighted by molar-refractivity contribution is 8.42. The zero-order chi connectivity index (χ0) is 9.47. The van der Waals surface area contributed by atoms with Crippen LogP contribution < -0.4 is 0 Å². The molecule has 0 nitrogen and oxygen atoms in total. The summed E-state index contributed by atoms with van der Waals surface area (Å²) in [6.45, 7) is 4.59. The molecule has 0 aromatic heterocycles. The topological polar surface area (TPSA) is 0 Å². The molecule has 13 heavy (non-hydrogen) atoms. The Morgan fingerprint density at radius 2 is 2.08 bits per heavy atom. The summed E-state index contributed by atoms with van der Waals surface area (Å²) in [6.07, 6.45) is 12.9. The molecular weight excluding hydrogens is 176 g/mol. The molecule has 0 saturated carbocycles. The monoisotopic (exact) mass is 194 g/mol. The molecule has 0 aromatic rings. The number of hydrogen-bond acceptors (Lipinski definition) is 0. The standard InChI is InChI=1S/C12H18S/c1-10-5-4-6-12(8-7-10)13(3)9-11(13)2/h4,6-8,11H,5,9H2,1-3H3. The normalized spacial score (nSPS) is 42.8. The lowest BCUT2D eigenvalue weighted by molar-refractivity contribution is 1.22. The Hall–Kier alpha value is -0.430. The highest BCUT2D eigenvalue weighted by Gasteiger charge is 2.43. The fourth-order valence-electron chi connectivity index (χ4n) is 1.80. The fraction of sp³-hybridized carbons (Fsp3) is 0.500. The average Bonchev–Trinajstić information content (AvgIpc) is 2.73. The van der Waals surface area contributed by atoms with Gasteiger partial charge in [-0.15, -0.1) is 0 Å². The molecule has 0 spiro atoms. The van der Waals surface area contributed by atoms with E-state index in [1.807, 2.05) is 0 Å². The van der Waals surface area contributed by atoms with E-state index in [-0.39, 0.29) is 10.0 Å². The Balaban J connectivity index is 2.25. The first-order chi connectivity index (χ1) is 6.13. The molecule has 0 aromatic carbocycles. The maximum Gasteiger partial charge on any atom is -0.00245 e. The molecule has 1 heteroatoms. The molecule has 1 saturated heterocycles. The van der Waals surface area contributed by atoms with Crippen molar-refractivity contribution in [3.05, 3.63) is 34.8 Å². The Morgan fingerprint density at radius 1 is 1.38 bits per heavy atom. The lowest BCUT2D eigenvalue weighted by atomic mass is 10.2. The van der Waals surface area contributed by atoms with Crippen molar-refractivity contribution in [3.8, 4) is 0 Å². The van der Waals surface area contributed by atoms with Crippen LogP contribution in [-0.2, 0) is 0 Å². The van der Waals surface area contributed by atoms with Crippen LogP contribution in [0, 0.1) is 0 Å². The van der Waals surface area contributed by atoms with Gasteiger partial charge >= 0.3 is 0 Å². The van der Waals surface area contributed by atoms with Gasteiger partial charge in [0.1, 0.15) is 0 Å². The second-order valence-electron chi connectivity index (χ2n) is 4.32. The zero-order valence-corrected chi connectivity index (χ0v) is 9.53. The van der Waals surface area contributed by atoms with Crippen LogP contribution in [0.3, 0.4) is 0 Å². The van der Waals surface area contributed by atoms with Crippen LogP contribution in [0.5, 0.6) is 0 Å². The van der Waals surface area contributed by atoms with E-state index in [2.05, 4.69) is 44.4 Å². The second-order valence-corrected chi connectivity index (χ2v) is 8.25. The Bertz CT molecular complexity index is 309. The predicted molar refractivity (Wildman–Crippen MR) is 63.4 cm³/mol. The molecule has 2 aliphatic rings. The molecule has 2 atom stereocenters. The average molecular weight is 194 g/mol. The van der Waals surface area contributed by atoms with Gasteiger partial charge in [-0.1, -0.05) is 36.8 Å². The summed E-state index contributed by atoms with van der Waals surface area (Å²) in [7, 11) is -0.372. The SMILES string of the molecule is CC1=CC=C(S2(C)CC2C)C=CC1. The Labute approximate surface area is 82.7 Å². The molecule has 1 heterocycles. The van der Waals surface area contributed by atoms with Crippen molar-refractivity contribution in [1.82, 2.24) is 0 Å². The summed E-state index contributed by atoms with van der Waals surface area (Å²) < 4.78 is 0. The first-order valence-corrected chi connectivity index (χ1v) is 7.19. The lowest BCUT2D eigenvalue weighted by Crippen LogP contribution is -1.83. The molecule has 1 aliphatic carbocycles. The van der Waals surface area contributed by atoms with Crippen molar-refractivity contribution >= 4 is 10.0 Å². The van der Waals surface area contributed by atoms with E-state index in [9.17, 15) is 0 Å². The second kappa shape index (κ2) is 3.06. The van der Waals surface area contributed by atoms with Gasteiger partial charge in [0.15, 0.2) is 0 Å². The van der Waals surface area contributed by atoms with Gasteiger partial charge in [-0.2, -0.15) is 0 Å². The molecule has 0 radical (unpaired) electrons. The molecule has 2 unspecified atom stereocenters. The minimum Gasteiger partial charge on any atom is -0.213 e. The van der Waals surface area contributed by atoms with E-state index >= 15 is 0 Å². The molecule has 0 amide bonds. The van der Waals surface area contributed by atoms with Gasteiger partial charge in [0, 0.05) is 0 Å². The summed E-state index contributed by atoms with van der Waals surface area (Å²) in [5, 5.41) is 0.954. The van der Waals surface area contributed by atoms with Gasteiger partial charge in [0.25, 0.3) is 0 Å². The van der Waals surface area contributed by atoms with E-state index in [0.29, 0.717) is 0 Å². The van der Waals surface area contributed by atoms with Crippen LogP contribution >= 0.6 is 10.0 Å². The predicted octanol–water partition coefficient (Wildman–Crippen LogP) is 3.61. The van der Waals surface area contributed by atoms with Crippen molar-refractivity contribution in [1.29, 1.82) is 0 Å². The van der Waals surface area contributed by atoms with E-state index in [4.69, 9.17) is 0 Å².